The molecule has 194 valence electrons. The zero-order valence-corrected chi connectivity index (χ0v) is 22.9. The number of fused-ring (bicyclic) bond motifs is 3. The van der Waals surface area contributed by atoms with Crippen LogP contribution in [0.3, 0.4) is 0 Å². The summed E-state index contributed by atoms with van der Waals surface area (Å²) in [4.78, 5) is 31.9. The lowest BCUT2D eigenvalue weighted by atomic mass is 10.2. The standard InChI is InChI=1S/C26H23Cl3N8O/c1-15-13-30-24-22-17(25(38)37(36(15)24)23-18(27)4-3-5-19(23)28)14-31-26(33-22)32-16-6-7-21(20(29)12-16)35-10-8-34(2)9-11-35/h3-7,12-14H,8-11H2,1-2H3,(H,31,32,33). The lowest BCUT2D eigenvalue weighted by Crippen LogP contribution is -2.44. The minimum Gasteiger partial charge on any atom is -0.368 e. The van der Waals surface area contributed by atoms with Gasteiger partial charge < -0.3 is 15.1 Å². The Labute approximate surface area is 233 Å². The number of aryl methyl sites for hydroxylation is 1. The van der Waals surface area contributed by atoms with Gasteiger partial charge in [0, 0.05) is 38.1 Å². The van der Waals surface area contributed by atoms with E-state index in [4.69, 9.17) is 34.8 Å². The van der Waals surface area contributed by atoms with E-state index in [0.29, 0.717) is 37.9 Å². The van der Waals surface area contributed by atoms with Crippen molar-refractivity contribution in [3.05, 3.63) is 79.9 Å². The Morgan fingerprint density at radius 1 is 0.921 bits per heavy atom. The normalized spacial score (nSPS) is 14.5. The van der Waals surface area contributed by atoms with E-state index in [-0.39, 0.29) is 10.9 Å². The van der Waals surface area contributed by atoms with Crippen LogP contribution >= 0.6 is 34.8 Å². The van der Waals surface area contributed by atoms with Crippen LogP contribution in [0.25, 0.3) is 22.2 Å². The van der Waals surface area contributed by atoms with Gasteiger partial charge in [0.2, 0.25) is 5.95 Å². The molecule has 1 saturated heterocycles. The van der Waals surface area contributed by atoms with Gasteiger partial charge in [0.05, 0.1) is 38.0 Å². The number of imidazole rings is 1. The lowest BCUT2D eigenvalue weighted by molar-refractivity contribution is 0.313. The molecule has 3 aromatic heterocycles. The number of hydrogen-bond acceptors (Lipinski definition) is 7. The highest BCUT2D eigenvalue weighted by atomic mass is 35.5. The number of benzene rings is 2. The Hall–Kier alpha value is -3.37. The summed E-state index contributed by atoms with van der Waals surface area (Å²) < 4.78 is 3.08. The molecule has 38 heavy (non-hydrogen) atoms. The van der Waals surface area contributed by atoms with Crippen molar-refractivity contribution in [2.24, 2.45) is 0 Å². The average molecular weight is 570 g/mol. The Bertz CT molecular complexity index is 1740. The van der Waals surface area contributed by atoms with Crippen molar-refractivity contribution in [2.75, 3.05) is 43.4 Å². The third kappa shape index (κ3) is 4.25. The molecule has 0 spiro atoms. The molecular weight excluding hydrogens is 547 g/mol. The second kappa shape index (κ2) is 9.74. The SMILES string of the molecule is Cc1cnc2c3nc(Nc4ccc(N5CCN(C)CC5)c(Cl)c4)ncc3c(=O)n(-c3c(Cl)cccc3Cl)n12. The van der Waals surface area contributed by atoms with Gasteiger partial charge in [-0.3, -0.25) is 4.79 Å². The molecule has 5 aromatic rings. The van der Waals surface area contributed by atoms with Crippen LogP contribution in [0, 0.1) is 6.92 Å². The van der Waals surface area contributed by atoms with E-state index in [1.54, 1.807) is 28.9 Å². The second-order valence-electron chi connectivity index (χ2n) is 9.26. The van der Waals surface area contributed by atoms with Gasteiger partial charge in [0.25, 0.3) is 5.56 Å². The van der Waals surface area contributed by atoms with Crippen LogP contribution < -0.4 is 15.8 Å². The van der Waals surface area contributed by atoms with E-state index in [1.165, 1.54) is 10.9 Å². The number of aromatic nitrogens is 5. The Kier molecular flexibility index (Phi) is 6.39. The summed E-state index contributed by atoms with van der Waals surface area (Å²) >= 11 is 19.6. The van der Waals surface area contributed by atoms with Crippen molar-refractivity contribution in [1.82, 2.24) is 29.0 Å². The molecule has 1 aliphatic heterocycles. The van der Waals surface area contributed by atoms with E-state index < -0.39 is 0 Å². The molecule has 0 radical (unpaired) electrons. The zero-order valence-electron chi connectivity index (χ0n) is 20.6. The predicted octanol–water partition coefficient (Wildman–Crippen LogP) is 5.19. The van der Waals surface area contributed by atoms with Crippen LogP contribution in [0.5, 0.6) is 0 Å². The fraction of sp³-hybridized carbons (Fsp3) is 0.231. The van der Waals surface area contributed by atoms with Crippen molar-refractivity contribution >= 4 is 68.7 Å². The van der Waals surface area contributed by atoms with Gasteiger partial charge in [-0.2, -0.15) is 0 Å². The fourth-order valence-corrected chi connectivity index (χ4v) is 5.59. The van der Waals surface area contributed by atoms with Crippen LogP contribution in [0.1, 0.15) is 5.69 Å². The summed E-state index contributed by atoms with van der Waals surface area (Å²) in [5.41, 5.74) is 3.33. The molecule has 1 N–H and O–H groups in total. The van der Waals surface area contributed by atoms with Crippen LogP contribution in [-0.2, 0) is 0 Å². The van der Waals surface area contributed by atoms with Crippen LogP contribution in [0.4, 0.5) is 17.3 Å². The molecule has 0 bridgehead atoms. The van der Waals surface area contributed by atoms with Gasteiger partial charge in [-0.1, -0.05) is 40.9 Å². The molecular formula is C26H23Cl3N8O. The molecule has 12 heteroatoms. The van der Waals surface area contributed by atoms with E-state index in [9.17, 15) is 4.79 Å². The predicted molar refractivity (Wildman–Crippen MR) is 153 cm³/mol. The number of likely N-dealkylation sites (N-methyl/N-ethyl adjacent to an activating group) is 1. The van der Waals surface area contributed by atoms with Crippen molar-refractivity contribution in [3.8, 4) is 5.69 Å². The highest BCUT2D eigenvalue weighted by Gasteiger charge is 2.21. The van der Waals surface area contributed by atoms with E-state index in [0.717, 1.165) is 43.2 Å². The summed E-state index contributed by atoms with van der Waals surface area (Å²) in [5, 5.41) is 4.81. The zero-order chi connectivity index (χ0) is 26.6. The number of anilines is 3. The maximum absolute atomic E-state index is 13.7. The molecule has 4 heterocycles. The van der Waals surface area contributed by atoms with Gasteiger partial charge in [-0.15, -0.1) is 0 Å². The number of para-hydroxylation sites is 1. The Balaban J connectivity index is 1.41. The molecule has 6 rings (SSSR count). The fourth-order valence-electron chi connectivity index (χ4n) is 4.73. The lowest BCUT2D eigenvalue weighted by Gasteiger charge is -2.34. The van der Waals surface area contributed by atoms with E-state index in [2.05, 4.69) is 37.1 Å². The number of hydrogen-bond donors (Lipinski definition) is 1. The van der Waals surface area contributed by atoms with Crippen molar-refractivity contribution < 1.29 is 0 Å². The third-order valence-electron chi connectivity index (χ3n) is 6.73. The molecule has 0 unspecified atom stereocenters. The van der Waals surface area contributed by atoms with Crippen LogP contribution in [0.2, 0.25) is 15.1 Å². The number of nitrogens with zero attached hydrogens (tertiary/aromatic N) is 7. The average Bonchev–Trinajstić information content (AvgIpc) is 3.28. The van der Waals surface area contributed by atoms with Gasteiger partial charge in [-0.05, 0) is 44.3 Å². The van der Waals surface area contributed by atoms with Crippen LogP contribution in [-0.4, -0.2) is 62.3 Å². The molecule has 2 aromatic carbocycles. The van der Waals surface area contributed by atoms with Crippen molar-refractivity contribution in [2.45, 2.75) is 6.92 Å². The first-order valence-electron chi connectivity index (χ1n) is 12.0. The van der Waals surface area contributed by atoms with Gasteiger partial charge in [-0.25, -0.2) is 24.1 Å². The number of piperazine rings is 1. The largest absolute Gasteiger partial charge is 0.368 e. The van der Waals surface area contributed by atoms with Crippen molar-refractivity contribution in [1.29, 1.82) is 0 Å². The van der Waals surface area contributed by atoms with E-state index >= 15 is 0 Å². The highest BCUT2D eigenvalue weighted by molar-refractivity contribution is 6.37. The number of rotatable bonds is 4. The van der Waals surface area contributed by atoms with Crippen LogP contribution in [0.15, 0.2) is 53.6 Å². The minimum atomic E-state index is -0.366. The summed E-state index contributed by atoms with van der Waals surface area (Å²) in [6.45, 7) is 5.68. The first-order chi connectivity index (χ1) is 18.3. The van der Waals surface area contributed by atoms with Gasteiger partial charge in [0.1, 0.15) is 11.2 Å². The highest BCUT2D eigenvalue weighted by Crippen LogP contribution is 2.32. The quantitative estimate of drug-likeness (QED) is 0.319. The molecule has 0 saturated carbocycles. The monoisotopic (exact) mass is 568 g/mol. The number of nitrogens with one attached hydrogen (secondary N) is 1. The summed E-state index contributed by atoms with van der Waals surface area (Å²) in [7, 11) is 2.12. The van der Waals surface area contributed by atoms with Gasteiger partial charge >= 0.3 is 0 Å². The Morgan fingerprint density at radius 2 is 1.66 bits per heavy atom. The smallest absolute Gasteiger partial charge is 0.281 e. The summed E-state index contributed by atoms with van der Waals surface area (Å²) in [6, 6.07) is 10.9. The first-order valence-corrected chi connectivity index (χ1v) is 13.2. The molecule has 9 nitrogen and oxygen atoms in total. The molecule has 1 fully saturated rings. The summed E-state index contributed by atoms with van der Waals surface area (Å²) in [5.74, 6) is 0.316. The molecule has 0 aliphatic carbocycles. The molecule has 0 atom stereocenters. The third-order valence-corrected chi connectivity index (χ3v) is 7.64. The van der Waals surface area contributed by atoms with Gasteiger partial charge in [0.15, 0.2) is 5.65 Å². The minimum absolute atomic E-state index is 0.285. The molecule has 0 amide bonds. The maximum Gasteiger partial charge on any atom is 0.281 e. The maximum atomic E-state index is 13.7. The number of halogens is 3. The topological polar surface area (TPSA) is 83.6 Å². The van der Waals surface area contributed by atoms with E-state index in [1.807, 2.05) is 25.1 Å². The second-order valence-corrected chi connectivity index (χ2v) is 10.5. The molecule has 1 aliphatic rings. The first kappa shape index (κ1) is 24.9. The summed E-state index contributed by atoms with van der Waals surface area (Å²) in [6.07, 6.45) is 3.15. The van der Waals surface area contributed by atoms with Crippen molar-refractivity contribution in [3.63, 3.8) is 0 Å². The Morgan fingerprint density at radius 3 is 2.37 bits per heavy atom.